The van der Waals surface area contributed by atoms with E-state index in [1.54, 1.807) is 0 Å². The first kappa shape index (κ1) is 19.8. The van der Waals surface area contributed by atoms with Gasteiger partial charge in [-0.3, -0.25) is 14.6 Å². The number of ether oxygens (including phenoxy) is 1. The van der Waals surface area contributed by atoms with Gasteiger partial charge in [0.25, 0.3) is 0 Å². The molecule has 0 amide bonds. The van der Waals surface area contributed by atoms with Crippen molar-refractivity contribution in [2.75, 3.05) is 44.7 Å². The minimum Gasteiger partial charge on any atom is -0.480 e. The van der Waals surface area contributed by atoms with Crippen LogP contribution < -0.4 is 5.32 Å². The summed E-state index contributed by atoms with van der Waals surface area (Å²) in [5.74, 6) is 0.155. The summed E-state index contributed by atoms with van der Waals surface area (Å²) >= 11 is 0. The van der Waals surface area contributed by atoms with Crippen molar-refractivity contribution in [1.29, 1.82) is 0 Å². The molecule has 2 aromatic rings. The van der Waals surface area contributed by atoms with Crippen LogP contribution in [0.4, 0.5) is 5.95 Å². The summed E-state index contributed by atoms with van der Waals surface area (Å²) in [5.41, 5.74) is 2.23. The Morgan fingerprint density at radius 1 is 1.10 bits per heavy atom. The zero-order chi connectivity index (χ0) is 20.1. The first-order valence-corrected chi connectivity index (χ1v) is 10.0. The maximum atomic E-state index is 11.1. The molecular weight excluding hydrogens is 370 g/mol. The van der Waals surface area contributed by atoms with Crippen LogP contribution >= 0.6 is 0 Å². The smallest absolute Gasteiger partial charge is 0.317 e. The van der Waals surface area contributed by atoms with Gasteiger partial charge in [0.2, 0.25) is 5.95 Å². The largest absolute Gasteiger partial charge is 0.480 e. The molecule has 3 heterocycles. The number of benzene rings is 1. The molecule has 0 spiro atoms. The lowest BCUT2D eigenvalue weighted by Crippen LogP contribution is -2.44. The van der Waals surface area contributed by atoms with Crippen LogP contribution in [0.25, 0.3) is 0 Å². The Labute approximate surface area is 170 Å². The predicted molar refractivity (Wildman–Crippen MR) is 108 cm³/mol. The Kier molecular flexibility index (Phi) is 6.33. The number of carbonyl (C=O) groups is 1. The molecule has 0 unspecified atom stereocenters. The minimum absolute atomic E-state index is 0.0890. The summed E-state index contributed by atoms with van der Waals surface area (Å²) < 4.78 is 5.82. The summed E-state index contributed by atoms with van der Waals surface area (Å²) in [7, 11) is 0. The second kappa shape index (κ2) is 9.30. The Balaban J connectivity index is 1.36. The van der Waals surface area contributed by atoms with Crippen molar-refractivity contribution in [3.05, 3.63) is 53.9 Å². The zero-order valence-electron chi connectivity index (χ0n) is 16.4. The Morgan fingerprint density at radius 3 is 2.66 bits per heavy atom. The highest BCUT2D eigenvalue weighted by molar-refractivity contribution is 5.69. The molecule has 2 saturated heterocycles. The van der Waals surface area contributed by atoms with Crippen LogP contribution in [0, 0.1) is 5.92 Å². The topological polar surface area (TPSA) is 90.8 Å². The average molecular weight is 397 g/mol. The van der Waals surface area contributed by atoms with E-state index in [9.17, 15) is 4.79 Å². The van der Waals surface area contributed by atoms with Gasteiger partial charge in [0.1, 0.15) is 0 Å². The lowest BCUT2D eigenvalue weighted by molar-refractivity contribution is -0.138. The number of fused-ring (bicyclic) bond motifs is 3. The standard InChI is InChI=1S/C21H27N5O3/c27-20(28)13-25-9-18-11-26(19(12-25)15-29-14-18)10-17-7-23-21(24-8-17)22-6-16-4-2-1-3-5-16/h1-5,7-8,18-19H,6,9-15H2,(H,27,28)(H,22,23,24)/t18-,19-/m0/s1. The highest BCUT2D eigenvalue weighted by Crippen LogP contribution is 2.21. The van der Waals surface area contributed by atoms with Crippen LogP contribution in [0.5, 0.6) is 0 Å². The van der Waals surface area contributed by atoms with Gasteiger partial charge in [-0.15, -0.1) is 0 Å². The van der Waals surface area contributed by atoms with E-state index in [-0.39, 0.29) is 12.6 Å². The van der Waals surface area contributed by atoms with Crippen molar-refractivity contribution in [1.82, 2.24) is 19.8 Å². The number of rotatable bonds is 7. The van der Waals surface area contributed by atoms with Gasteiger partial charge in [-0.2, -0.15) is 0 Å². The number of carboxylic acids is 1. The molecule has 1 aromatic carbocycles. The summed E-state index contributed by atoms with van der Waals surface area (Å²) in [6.07, 6.45) is 3.73. The molecule has 154 valence electrons. The van der Waals surface area contributed by atoms with Gasteiger partial charge in [0.05, 0.1) is 19.8 Å². The molecule has 2 bridgehead atoms. The van der Waals surface area contributed by atoms with Crippen molar-refractivity contribution >= 4 is 11.9 Å². The summed E-state index contributed by atoms with van der Waals surface area (Å²) in [6.45, 7) is 5.20. The van der Waals surface area contributed by atoms with Gasteiger partial charge in [-0.05, 0) is 5.56 Å². The third kappa shape index (κ3) is 5.50. The fourth-order valence-corrected chi connectivity index (χ4v) is 4.08. The van der Waals surface area contributed by atoms with E-state index < -0.39 is 5.97 Å². The summed E-state index contributed by atoms with van der Waals surface area (Å²) in [4.78, 5) is 24.5. The first-order valence-electron chi connectivity index (χ1n) is 10.0. The maximum absolute atomic E-state index is 11.1. The Hall–Kier alpha value is -2.55. The molecule has 0 radical (unpaired) electrons. The van der Waals surface area contributed by atoms with E-state index in [4.69, 9.17) is 9.84 Å². The summed E-state index contributed by atoms with van der Waals surface area (Å²) in [6, 6.07) is 10.3. The van der Waals surface area contributed by atoms with Crippen molar-refractivity contribution in [3.8, 4) is 0 Å². The van der Waals surface area contributed by atoms with E-state index in [1.165, 1.54) is 5.56 Å². The van der Waals surface area contributed by atoms with Gasteiger partial charge in [-0.1, -0.05) is 30.3 Å². The molecule has 8 nitrogen and oxygen atoms in total. The highest BCUT2D eigenvalue weighted by atomic mass is 16.5. The molecule has 8 heteroatoms. The van der Waals surface area contributed by atoms with Crippen molar-refractivity contribution in [2.45, 2.75) is 19.1 Å². The monoisotopic (exact) mass is 397 g/mol. The molecule has 2 atom stereocenters. The van der Waals surface area contributed by atoms with Crippen LogP contribution in [-0.2, 0) is 22.6 Å². The maximum Gasteiger partial charge on any atom is 0.317 e. The number of hydrogen-bond acceptors (Lipinski definition) is 7. The lowest BCUT2D eigenvalue weighted by Gasteiger charge is -2.30. The Bertz CT molecular complexity index is 802. The molecule has 1 aromatic heterocycles. The molecule has 2 N–H and O–H groups in total. The molecule has 2 aliphatic heterocycles. The number of nitrogens with one attached hydrogen (secondary N) is 1. The number of carboxylic acid groups (broad SMARTS) is 1. The van der Waals surface area contributed by atoms with Gasteiger partial charge in [0.15, 0.2) is 0 Å². The van der Waals surface area contributed by atoms with E-state index in [0.717, 1.165) is 25.2 Å². The van der Waals surface area contributed by atoms with Crippen LogP contribution in [0.3, 0.4) is 0 Å². The van der Waals surface area contributed by atoms with E-state index in [2.05, 4.69) is 32.3 Å². The third-order valence-electron chi connectivity index (χ3n) is 5.40. The van der Waals surface area contributed by atoms with Crippen LogP contribution in [0.2, 0.25) is 0 Å². The summed E-state index contributed by atoms with van der Waals surface area (Å²) in [5, 5.41) is 12.4. The number of nitrogens with zero attached hydrogens (tertiary/aromatic N) is 4. The van der Waals surface area contributed by atoms with Crippen LogP contribution in [-0.4, -0.2) is 76.3 Å². The van der Waals surface area contributed by atoms with Gasteiger partial charge in [0, 0.05) is 62.6 Å². The molecule has 2 aliphatic rings. The van der Waals surface area contributed by atoms with E-state index in [0.29, 0.717) is 38.2 Å². The molecular formula is C21H27N5O3. The van der Waals surface area contributed by atoms with Gasteiger partial charge < -0.3 is 15.2 Å². The number of anilines is 1. The Morgan fingerprint density at radius 2 is 1.90 bits per heavy atom. The van der Waals surface area contributed by atoms with Gasteiger partial charge >= 0.3 is 5.97 Å². The minimum atomic E-state index is -0.774. The van der Waals surface area contributed by atoms with Gasteiger partial charge in [-0.25, -0.2) is 9.97 Å². The molecule has 2 fully saturated rings. The number of hydrogen-bond donors (Lipinski definition) is 2. The zero-order valence-corrected chi connectivity index (χ0v) is 16.4. The SMILES string of the molecule is O=C(O)CN1C[C@@H]2COC[C@H](C1)N(Cc1cnc(NCc3ccccc3)nc1)C2. The molecule has 4 rings (SSSR count). The molecule has 0 aliphatic carbocycles. The van der Waals surface area contributed by atoms with Crippen LogP contribution in [0.1, 0.15) is 11.1 Å². The third-order valence-corrected chi connectivity index (χ3v) is 5.40. The first-order chi connectivity index (χ1) is 14.2. The molecule has 29 heavy (non-hydrogen) atoms. The molecule has 0 saturated carbocycles. The van der Waals surface area contributed by atoms with Crippen molar-refractivity contribution in [2.24, 2.45) is 5.92 Å². The second-order valence-electron chi connectivity index (χ2n) is 7.83. The fraction of sp³-hybridized carbons (Fsp3) is 0.476. The van der Waals surface area contributed by atoms with Crippen LogP contribution in [0.15, 0.2) is 42.7 Å². The van der Waals surface area contributed by atoms with Crippen molar-refractivity contribution < 1.29 is 14.6 Å². The number of aromatic nitrogens is 2. The average Bonchev–Trinajstić information content (AvgIpc) is 2.98. The normalized spacial score (nSPS) is 22.8. The van der Waals surface area contributed by atoms with E-state index in [1.807, 2.05) is 35.5 Å². The lowest BCUT2D eigenvalue weighted by atomic mass is 10.1. The predicted octanol–water partition coefficient (Wildman–Crippen LogP) is 1.31. The highest BCUT2D eigenvalue weighted by Gasteiger charge is 2.33. The number of aliphatic carboxylic acids is 1. The quantitative estimate of drug-likeness (QED) is 0.723. The van der Waals surface area contributed by atoms with Crippen molar-refractivity contribution in [3.63, 3.8) is 0 Å². The second-order valence-corrected chi connectivity index (χ2v) is 7.83. The van der Waals surface area contributed by atoms with E-state index >= 15 is 0 Å². The fourth-order valence-electron chi connectivity index (χ4n) is 4.08.